The highest BCUT2D eigenvalue weighted by Crippen LogP contribution is 2.27. The lowest BCUT2D eigenvalue weighted by Crippen LogP contribution is -2.28. The van der Waals surface area contributed by atoms with Crippen LogP contribution in [0, 0.1) is 6.92 Å². The second-order valence-corrected chi connectivity index (χ2v) is 7.28. The topological polar surface area (TPSA) is 56.2 Å². The molecule has 0 radical (unpaired) electrons. The molecule has 0 fully saturated rings. The van der Waals surface area contributed by atoms with E-state index in [1.807, 2.05) is 38.1 Å². The Balaban J connectivity index is 1.62. The number of hydrogen-bond donors (Lipinski definition) is 1. The number of benzene rings is 2. The Morgan fingerprint density at radius 1 is 1.18 bits per heavy atom. The van der Waals surface area contributed by atoms with E-state index in [9.17, 15) is 4.79 Å². The van der Waals surface area contributed by atoms with Crippen LogP contribution in [-0.2, 0) is 6.73 Å². The van der Waals surface area contributed by atoms with Crippen LogP contribution in [0.3, 0.4) is 0 Å². The van der Waals surface area contributed by atoms with Crippen molar-refractivity contribution in [2.45, 2.75) is 33.0 Å². The maximum Gasteiger partial charge on any atom is 0.272 e. The molecule has 7 heteroatoms. The fourth-order valence-electron chi connectivity index (χ4n) is 2.73. The molecule has 28 heavy (non-hydrogen) atoms. The van der Waals surface area contributed by atoms with Crippen LogP contribution in [0.15, 0.2) is 54.7 Å². The van der Waals surface area contributed by atoms with Crippen LogP contribution in [0.25, 0.3) is 0 Å². The molecule has 0 bridgehead atoms. The lowest BCUT2D eigenvalue weighted by molar-refractivity contribution is 0.0928. The smallest absolute Gasteiger partial charge is 0.272 e. The molecule has 0 aliphatic rings. The lowest BCUT2D eigenvalue weighted by Gasteiger charge is -2.17. The Kier molecular flexibility index (Phi) is 6.60. The van der Waals surface area contributed by atoms with Gasteiger partial charge in [-0.25, -0.2) is 4.68 Å². The van der Waals surface area contributed by atoms with Crippen molar-refractivity contribution < 1.29 is 9.53 Å². The Morgan fingerprint density at radius 3 is 2.61 bits per heavy atom. The quantitative estimate of drug-likeness (QED) is 0.558. The zero-order valence-corrected chi connectivity index (χ0v) is 17.2. The first-order valence-electron chi connectivity index (χ1n) is 8.95. The average Bonchev–Trinajstić information content (AvgIpc) is 3.15. The van der Waals surface area contributed by atoms with Gasteiger partial charge in [0.05, 0.1) is 11.1 Å². The van der Waals surface area contributed by atoms with Crippen LogP contribution in [0.2, 0.25) is 10.0 Å². The van der Waals surface area contributed by atoms with Gasteiger partial charge in [0.25, 0.3) is 5.91 Å². The third-order valence-electron chi connectivity index (χ3n) is 4.31. The molecule has 1 heterocycles. The van der Waals surface area contributed by atoms with Crippen molar-refractivity contribution in [2.24, 2.45) is 0 Å². The van der Waals surface area contributed by atoms with Crippen LogP contribution < -0.4 is 10.1 Å². The van der Waals surface area contributed by atoms with Crippen LogP contribution in [0.4, 0.5) is 0 Å². The van der Waals surface area contributed by atoms with Crippen molar-refractivity contribution in [3.8, 4) is 5.75 Å². The van der Waals surface area contributed by atoms with Gasteiger partial charge in [0.2, 0.25) is 0 Å². The number of aromatic nitrogens is 2. The zero-order chi connectivity index (χ0) is 20.1. The minimum Gasteiger partial charge on any atom is -0.470 e. The second kappa shape index (κ2) is 9.13. The van der Waals surface area contributed by atoms with E-state index in [1.165, 1.54) is 10.2 Å². The zero-order valence-electron chi connectivity index (χ0n) is 15.7. The standard InChI is InChI=1S/C21H21Cl2N3O2/c1-3-18(15-6-4-14(2)5-7-15)24-21(27)19-10-11-26(25-19)13-28-20-9-8-16(22)12-17(20)23/h4-12,18H,3,13H2,1-2H3,(H,24,27). The van der Waals surface area contributed by atoms with Gasteiger partial charge in [-0.2, -0.15) is 5.10 Å². The van der Waals surface area contributed by atoms with Gasteiger partial charge < -0.3 is 10.1 Å². The van der Waals surface area contributed by atoms with Gasteiger partial charge in [-0.1, -0.05) is 60.0 Å². The predicted molar refractivity (Wildman–Crippen MR) is 111 cm³/mol. The maximum absolute atomic E-state index is 12.6. The summed E-state index contributed by atoms with van der Waals surface area (Å²) in [6.45, 7) is 4.20. The first kappa shape index (κ1) is 20.2. The molecule has 1 N–H and O–H groups in total. The van der Waals surface area contributed by atoms with Crippen molar-refractivity contribution >= 4 is 29.1 Å². The first-order valence-corrected chi connectivity index (χ1v) is 9.70. The van der Waals surface area contributed by atoms with E-state index in [0.29, 0.717) is 21.5 Å². The van der Waals surface area contributed by atoms with E-state index >= 15 is 0 Å². The molecule has 1 atom stereocenters. The molecule has 0 saturated heterocycles. The number of nitrogens with zero attached hydrogens (tertiary/aromatic N) is 2. The number of ether oxygens (including phenoxy) is 1. The van der Waals surface area contributed by atoms with Gasteiger partial charge in [-0.15, -0.1) is 0 Å². The molecule has 5 nitrogen and oxygen atoms in total. The van der Waals surface area contributed by atoms with Crippen LogP contribution in [0.1, 0.15) is 41.0 Å². The van der Waals surface area contributed by atoms with E-state index in [-0.39, 0.29) is 18.7 Å². The number of hydrogen-bond acceptors (Lipinski definition) is 3. The van der Waals surface area contributed by atoms with E-state index in [0.717, 1.165) is 12.0 Å². The second-order valence-electron chi connectivity index (χ2n) is 6.43. The molecule has 1 aromatic heterocycles. The van der Waals surface area contributed by atoms with Crippen LogP contribution in [0.5, 0.6) is 5.75 Å². The fraction of sp³-hybridized carbons (Fsp3) is 0.238. The Morgan fingerprint density at radius 2 is 1.93 bits per heavy atom. The molecule has 3 rings (SSSR count). The van der Waals surface area contributed by atoms with Gasteiger partial charge in [-0.3, -0.25) is 4.79 Å². The molecular formula is C21H21Cl2N3O2. The summed E-state index contributed by atoms with van der Waals surface area (Å²) in [5.41, 5.74) is 2.59. The molecule has 0 aliphatic carbocycles. The molecule has 0 saturated carbocycles. The number of nitrogens with one attached hydrogen (secondary N) is 1. The fourth-order valence-corrected chi connectivity index (χ4v) is 3.20. The number of carbonyl (C=O) groups excluding carboxylic acids is 1. The third kappa shape index (κ3) is 5.06. The van der Waals surface area contributed by atoms with Crippen LogP contribution in [-0.4, -0.2) is 15.7 Å². The number of rotatable bonds is 7. The maximum atomic E-state index is 12.6. The van der Waals surface area contributed by atoms with Crippen molar-refractivity contribution in [3.63, 3.8) is 0 Å². The Hall–Kier alpha value is -2.50. The van der Waals surface area contributed by atoms with E-state index < -0.39 is 0 Å². The van der Waals surface area contributed by atoms with Crippen molar-refractivity contribution in [3.05, 3.63) is 81.6 Å². The molecule has 3 aromatic rings. The van der Waals surface area contributed by atoms with E-state index in [2.05, 4.69) is 10.4 Å². The minimum atomic E-state index is -0.226. The van der Waals surface area contributed by atoms with Gasteiger partial charge >= 0.3 is 0 Å². The molecule has 1 unspecified atom stereocenters. The summed E-state index contributed by atoms with van der Waals surface area (Å²) in [7, 11) is 0. The third-order valence-corrected chi connectivity index (χ3v) is 4.84. The van der Waals surface area contributed by atoms with Crippen molar-refractivity contribution in [1.29, 1.82) is 0 Å². The summed E-state index contributed by atoms with van der Waals surface area (Å²) >= 11 is 12.0. The van der Waals surface area contributed by atoms with Crippen molar-refractivity contribution in [1.82, 2.24) is 15.1 Å². The molecule has 0 aliphatic heterocycles. The minimum absolute atomic E-state index is 0.0672. The summed E-state index contributed by atoms with van der Waals surface area (Å²) in [6, 6.07) is 14.7. The summed E-state index contributed by atoms with van der Waals surface area (Å²) in [5.74, 6) is 0.272. The molecule has 0 spiro atoms. The Labute approximate surface area is 174 Å². The molecule has 146 valence electrons. The summed E-state index contributed by atoms with van der Waals surface area (Å²) in [4.78, 5) is 12.6. The highest BCUT2D eigenvalue weighted by Gasteiger charge is 2.16. The summed E-state index contributed by atoms with van der Waals surface area (Å²) in [6.07, 6.45) is 2.47. The lowest BCUT2D eigenvalue weighted by atomic mass is 10.0. The number of carbonyl (C=O) groups is 1. The largest absolute Gasteiger partial charge is 0.470 e. The van der Waals surface area contributed by atoms with Gasteiger partial charge in [0, 0.05) is 11.2 Å². The highest BCUT2D eigenvalue weighted by atomic mass is 35.5. The molecule has 2 aromatic carbocycles. The van der Waals surface area contributed by atoms with Gasteiger partial charge in [0.15, 0.2) is 6.73 Å². The van der Waals surface area contributed by atoms with Gasteiger partial charge in [0.1, 0.15) is 11.4 Å². The molecule has 1 amide bonds. The predicted octanol–water partition coefficient (Wildman–Crippen LogP) is 5.42. The summed E-state index contributed by atoms with van der Waals surface area (Å²) in [5, 5.41) is 8.26. The number of halogens is 2. The SMILES string of the molecule is CCC(NC(=O)c1ccn(COc2ccc(Cl)cc2Cl)n1)c1ccc(C)cc1. The molecular weight excluding hydrogens is 397 g/mol. The number of aryl methyl sites for hydroxylation is 1. The van der Waals surface area contributed by atoms with E-state index in [4.69, 9.17) is 27.9 Å². The van der Waals surface area contributed by atoms with Crippen molar-refractivity contribution in [2.75, 3.05) is 0 Å². The first-order chi connectivity index (χ1) is 13.5. The normalized spacial score (nSPS) is 11.9. The average molecular weight is 418 g/mol. The van der Waals surface area contributed by atoms with Gasteiger partial charge in [-0.05, 0) is 43.2 Å². The van der Waals surface area contributed by atoms with Crippen LogP contribution >= 0.6 is 23.2 Å². The Bertz CT molecular complexity index is 955. The van der Waals surface area contributed by atoms with E-state index in [1.54, 1.807) is 30.5 Å². The monoisotopic (exact) mass is 417 g/mol. The summed E-state index contributed by atoms with van der Waals surface area (Å²) < 4.78 is 7.17. The number of amides is 1. The highest BCUT2D eigenvalue weighted by molar-refractivity contribution is 6.35.